The molecular weight excluding hydrogens is 386 g/mol. The van der Waals surface area contributed by atoms with Gasteiger partial charge in [0.1, 0.15) is 11.4 Å². The molecule has 1 saturated heterocycles. The van der Waals surface area contributed by atoms with Crippen LogP contribution in [-0.4, -0.2) is 51.5 Å². The minimum atomic E-state index is -0.172. The molecule has 4 heterocycles. The highest BCUT2D eigenvalue weighted by molar-refractivity contribution is 7.09. The smallest absolute Gasteiger partial charge is 0.271 e. The van der Waals surface area contributed by atoms with Crippen molar-refractivity contribution >= 4 is 23.2 Å². The largest absolute Gasteiger partial charge is 0.355 e. The third-order valence-electron chi connectivity index (χ3n) is 5.07. The Labute approximate surface area is 173 Å². The van der Waals surface area contributed by atoms with E-state index >= 15 is 0 Å². The summed E-state index contributed by atoms with van der Waals surface area (Å²) in [4.78, 5) is 32.7. The zero-order valence-corrected chi connectivity index (χ0v) is 16.8. The summed E-state index contributed by atoms with van der Waals surface area (Å²) in [5, 5.41) is 12.1. The SMILES string of the molecule is O=C(NCCc1cccs1)[C@@H]1CCCN(C(=O)c2cc(-c3ccccn3)n[nH]2)C1. The molecule has 0 unspecified atom stereocenters. The third kappa shape index (κ3) is 4.71. The van der Waals surface area contributed by atoms with Gasteiger partial charge in [-0.25, -0.2) is 0 Å². The Morgan fingerprint density at radius 1 is 1.24 bits per heavy atom. The number of rotatable bonds is 6. The molecule has 8 heteroatoms. The number of thiophene rings is 1. The van der Waals surface area contributed by atoms with Gasteiger partial charge in [-0.3, -0.25) is 19.7 Å². The lowest BCUT2D eigenvalue weighted by Gasteiger charge is -2.31. The zero-order chi connectivity index (χ0) is 20.1. The van der Waals surface area contributed by atoms with Gasteiger partial charge in [0.15, 0.2) is 0 Å². The summed E-state index contributed by atoms with van der Waals surface area (Å²) < 4.78 is 0. The molecule has 4 rings (SSSR count). The second-order valence-corrected chi connectivity index (χ2v) is 8.12. The number of aromatic amines is 1. The van der Waals surface area contributed by atoms with Crippen LogP contribution in [0.25, 0.3) is 11.4 Å². The molecule has 29 heavy (non-hydrogen) atoms. The Morgan fingerprint density at radius 3 is 2.97 bits per heavy atom. The molecule has 0 radical (unpaired) electrons. The van der Waals surface area contributed by atoms with Crippen LogP contribution in [0.3, 0.4) is 0 Å². The van der Waals surface area contributed by atoms with Gasteiger partial charge in [-0.15, -0.1) is 11.3 Å². The molecule has 3 aromatic heterocycles. The van der Waals surface area contributed by atoms with Gasteiger partial charge in [0.25, 0.3) is 5.91 Å². The lowest BCUT2D eigenvalue weighted by molar-refractivity contribution is -0.126. The predicted molar refractivity (Wildman–Crippen MR) is 111 cm³/mol. The molecule has 0 saturated carbocycles. The number of nitrogens with one attached hydrogen (secondary N) is 2. The number of aromatic nitrogens is 3. The lowest BCUT2D eigenvalue weighted by Crippen LogP contribution is -2.45. The van der Waals surface area contributed by atoms with Crippen molar-refractivity contribution in [3.63, 3.8) is 0 Å². The Hall–Kier alpha value is -3.00. The van der Waals surface area contributed by atoms with Crippen LogP contribution in [0, 0.1) is 5.92 Å². The summed E-state index contributed by atoms with van der Waals surface area (Å²) in [6.45, 7) is 1.70. The first-order chi connectivity index (χ1) is 14.2. The molecular formula is C21H23N5O2S. The Morgan fingerprint density at radius 2 is 2.17 bits per heavy atom. The maximum atomic E-state index is 12.9. The maximum Gasteiger partial charge on any atom is 0.271 e. The van der Waals surface area contributed by atoms with Crippen LogP contribution in [0.5, 0.6) is 0 Å². The number of likely N-dealkylation sites (tertiary alicyclic amines) is 1. The highest BCUT2D eigenvalue weighted by Gasteiger charge is 2.29. The van der Waals surface area contributed by atoms with Crippen molar-refractivity contribution in [3.8, 4) is 11.4 Å². The Balaban J connectivity index is 1.33. The molecule has 0 aromatic carbocycles. The molecule has 1 fully saturated rings. The van der Waals surface area contributed by atoms with E-state index in [2.05, 4.69) is 26.6 Å². The average Bonchev–Trinajstić information content (AvgIpc) is 3.46. The van der Waals surface area contributed by atoms with Gasteiger partial charge in [-0.05, 0) is 48.9 Å². The molecule has 7 nitrogen and oxygen atoms in total. The van der Waals surface area contributed by atoms with E-state index in [9.17, 15) is 9.59 Å². The van der Waals surface area contributed by atoms with Crippen LogP contribution in [0.15, 0.2) is 48.0 Å². The third-order valence-corrected chi connectivity index (χ3v) is 6.00. The van der Waals surface area contributed by atoms with Crippen molar-refractivity contribution in [2.75, 3.05) is 19.6 Å². The minimum absolute atomic E-state index is 0.0258. The lowest BCUT2D eigenvalue weighted by atomic mass is 9.96. The summed E-state index contributed by atoms with van der Waals surface area (Å²) in [5.74, 6) is -0.275. The number of carbonyl (C=O) groups excluding carboxylic acids is 2. The van der Waals surface area contributed by atoms with E-state index in [0.29, 0.717) is 36.7 Å². The number of pyridine rings is 1. The first kappa shape index (κ1) is 19.3. The molecule has 1 atom stereocenters. The maximum absolute atomic E-state index is 12.9. The Kier molecular flexibility index (Phi) is 6.00. The number of hydrogen-bond acceptors (Lipinski definition) is 5. The van der Waals surface area contributed by atoms with E-state index in [4.69, 9.17) is 0 Å². The van der Waals surface area contributed by atoms with Crippen LogP contribution in [0.1, 0.15) is 28.2 Å². The molecule has 0 spiro atoms. The number of carbonyl (C=O) groups is 2. The van der Waals surface area contributed by atoms with Crippen molar-refractivity contribution in [3.05, 3.63) is 58.5 Å². The van der Waals surface area contributed by atoms with Gasteiger partial charge >= 0.3 is 0 Å². The number of amides is 2. The molecule has 0 bridgehead atoms. The highest BCUT2D eigenvalue weighted by atomic mass is 32.1. The molecule has 1 aliphatic rings. The predicted octanol–water partition coefficient (Wildman–Crippen LogP) is 2.74. The summed E-state index contributed by atoms with van der Waals surface area (Å²) in [6, 6.07) is 11.4. The molecule has 2 amide bonds. The average molecular weight is 410 g/mol. The van der Waals surface area contributed by atoms with Crippen molar-refractivity contribution in [1.82, 2.24) is 25.4 Å². The minimum Gasteiger partial charge on any atom is -0.355 e. The monoisotopic (exact) mass is 409 g/mol. The first-order valence-corrected chi connectivity index (χ1v) is 10.6. The fraction of sp³-hybridized carbons (Fsp3) is 0.333. The summed E-state index contributed by atoms with van der Waals surface area (Å²) >= 11 is 1.69. The van der Waals surface area contributed by atoms with Crippen molar-refractivity contribution in [2.24, 2.45) is 5.92 Å². The molecule has 150 valence electrons. The van der Waals surface area contributed by atoms with Crippen molar-refractivity contribution in [1.29, 1.82) is 0 Å². The van der Waals surface area contributed by atoms with Crippen LogP contribution in [-0.2, 0) is 11.2 Å². The zero-order valence-electron chi connectivity index (χ0n) is 16.0. The number of H-pyrrole nitrogens is 1. The van der Waals surface area contributed by atoms with Gasteiger partial charge in [-0.1, -0.05) is 12.1 Å². The van der Waals surface area contributed by atoms with E-state index in [1.54, 1.807) is 28.5 Å². The highest BCUT2D eigenvalue weighted by Crippen LogP contribution is 2.20. The van der Waals surface area contributed by atoms with E-state index in [1.807, 2.05) is 29.6 Å². The standard InChI is InChI=1S/C21H23N5O2S/c27-20(23-10-8-16-6-4-12-29-16)15-5-3-11-26(14-15)21(28)19-13-18(24-25-19)17-7-1-2-9-22-17/h1-2,4,6-7,9,12-13,15H,3,5,8,10-11,14H2,(H,23,27)(H,24,25)/t15-/m1/s1. The summed E-state index contributed by atoms with van der Waals surface area (Å²) in [5.41, 5.74) is 1.77. The quantitative estimate of drug-likeness (QED) is 0.655. The Bertz CT molecular complexity index is 955. The molecule has 3 aromatic rings. The number of piperidine rings is 1. The van der Waals surface area contributed by atoms with E-state index < -0.39 is 0 Å². The van der Waals surface area contributed by atoms with Gasteiger partial charge in [-0.2, -0.15) is 5.10 Å². The van der Waals surface area contributed by atoms with Gasteiger partial charge < -0.3 is 10.2 Å². The van der Waals surface area contributed by atoms with E-state index in [0.717, 1.165) is 19.3 Å². The topological polar surface area (TPSA) is 91.0 Å². The number of nitrogens with zero attached hydrogens (tertiary/aromatic N) is 3. The van der Waals surface area contributed by atoms with Crippen LogP contribution < -0.4 is 5.32 Å². The summed E-state index contributed by atoms with van der Waals surface area (Å²) in [7, 11) is 0. The van der Waals surface area contributed by atoms with E-state index in [1.165, 1.54) is 4.88 Å². The normalized spacial score (nSPS) is 16.6. The fourth-order valence-corrected chi connectivity index (χ4v) is 4.24. The number of hydrogen-bond donors (Lipinski definition) is 2. The van der Waals surface area contributed by atoms with Gasteiger partial charge in [0.05, 0.1) is 11.6 Å². The molecule has 2 N–H and O–H groups in total. The van der Waals surface area contributed by atoms with Crippen LogP contribution in [0.4, 0.5) is 0 Å². The van der Waals surface area contributed by atoms with Crippen molar-refractivity contribution < 1.29 is 9.59 Å². The first-order valence-electron chi connectivity index (χ1n) is 9.77. The second kappa shape index (κ2) is 9.00. The van der Waals surface area contributed by atoms with Crippen LogP contribution in [0.2, 0.25) is 0 Å². The molecule has 0 aliphatic carbocycles. The van der Waals surface area contributed by atoms with Gasteiger partial charge in [0, 0.05) is 30.7 Å². The fourth-order valence-electron chi connectivity index (χ4n) is 3.53. The summed E-state index contributed by atoms with van der Waals surface area (Å²) in [6.07, 6.45) is 4.15. The van der Waals surface area contributed by atoms with Gasteiger partial charge in [0.2, 0.25) is 5.91 Å². The molecule has 1 aliphatic heterocycles. The van der Waals surface area contributed by atoms with E-state index in [-0.39, 0.29) is 17.7 Å². The van der Waals surface area contributed by atoms with Crippen LogP contribution >= 0.6 is 11.3 Å². The van der Waals surface area contributed by atoms with Crippen molar-refractivity contribution in [2.45, 2.75) is 19.3 Å². The second-order valence-electron chi connectivity index (χ2n) is 7.09.